The van der Waals surface area contributed by atoms with E-state index in [0.717, 1.165) is 30.6 Å². The predicted octanol–water partition coefficient (Wildman–Crippen LogP) is 9.19. The maximum atomic E-state index is 2.58. The Balaban J connectivity index is 1.41. The van der Waals surface area contributed by atoms with Gasteiger partial charge in [0.05, 0.1) is 11.2 Å². The molecule has 6 aromatic rings. The highest BCUT2D eigenvalue weighted by Gasteiger charge is 2.39. The van der Waals surface area contributed by atoms with E-state index in [1.807, 2.05) is 0 Å². The lowest BCUT2D eigenvalue weighted by Gasteiger charge is -2.47. The Hall–Kier alpha value is -5.08. The Kier molecular flexibility index (Phi) is 6.15. The summed E-state index contributed by atoms with van der Waals surface area (Å²) in [4.78, 5) is 4.99. The van der Waals surface area contributed by atoms with Crippen molar-refractivity contribution in [1.29, 1.82) is 0 Å². The molecule has 2 aliphatic rings. The van der Waals surface area contributed by atoms with Crippen LogP contribution >= 0.6 is 0 Å². The summed E-state index contributed by atoms with van der Waals surface area (Å²) in [5.74, 6) is 0. The molecule has 0 heterocycles. The van der Waals surface area contributed by atoms with Gasteiger partial charge < -0.3 is 9.80 Å². The molecule has 208 valence electrons. The Morgan fingerprint density at radius 3 is 1.63 bits per heavy atom. The van der Waals surface area contributed by atoms with Crippen molar-refractivity contribution in [1.82, 2.24) is 0 Å². The number of hydrogen-bond donors (Lipinski definition) is 0. The number of rotatable bonds is 6. The highest BCUT2D eigenvalue weighted by atomic mass is 15.2. The molecule has 0 aromatic heterocycles. The number of anilines is 5. The Labute approximate surface area is 253 Å². The molecule has 0 N–H and O–H groups in total. The lowest BCUT2D eigenvalue weighted by molar-refractivity contribution is 0.577. The van der Waals surface area contributed by atoms with Gasteiger partial charge in [0.2, 0.25) is 0 Å². The molecular weight excluding hydrogens is 520 g/mol. The van der Waals surface area contributed by atoms with Gasteiger partial charge in [-0.05, 0) is 108 Å². The molecule has 6 aromatic carbocycles. The van der Waals surface area contributed by atoms with E-state index in [4.69, 9.17) is 0 Å². The number of hydrogen-bond acceptors (Lipinski definition) is 2. The van der Waals surface area contributed by atoms with Crippen LogP contribution < -0.4 is 20.2 Å². The molecule has 1 atom stereocenters. The molecule has 0 fully saturated rings. The van der Waals surface area contributed by atoms with E-state index in [2.05, 4.69) is 168 Å². The summed E-state index contributed by atoms with van der Waals surface area (Å²) in [7, 11) is 0. The van der Waals surface area contributed by atoms with E-state index in [0.29, 0.717) is 0 Å². The summed E-state index contributed by atoms with van der Waals surface area (Å²) in [6.07, 6.45) is 5.54. The summed E-state index contributed by atoms with van der Waals surface area (Å²) >= 11 is 0. The molecule has 2 nitrogen and oxygen atoms in total. The fraction of sp³-hybridized carbons (Fsp3) is 0.122. The minimum Gasteiger partial charge on any atom is -0.331 e. The average Bonchev–Trinajstić information content (AvgIpc) is 3.07. The minimum atomic E-state index is -0.198. The second-order valence-electron chi connectivity index (χ2n) is 11.9. The number of aryl methyl sites for hydroxylation is 1. The molecule has 0 saturated heterocycles. The molecular formula is C41H34N2. The van der Waals surface area contributed by atoms with Crippen molar-refractivity contribution < 1.29 is 0 Å². The number of para-hydroxylation sites is 4. The average molecular weight is 555 g/mol. The lowest BCUT2D eigenvalue weighted by atomic mass is 9.74. The van der Waals surface area contributed by atoms with Crippen LogP contribution in [-0.2, 0) is 6.42 Å². The molecule has 0 amide bonds. The maximum Gasteiger partial charge on any atom is 0.0678 e. The van der Waals surface area contributed by atoms with Gasteiger partial charge in [-0.25, -0.2) is 0 Å². The zero-order valence-electron chi connectivity index (χ0n) is 24.4. The fourth-order valence-electron chi connectivity index (χ4n) is 7.45. The van der Waals surface area contributed by atoms with E-state index in [1.165, 1.54) is 43.8 Å². The second kappa shape index (κ2) is 10.3. The minimum absolute atomic E-state index is 0.198. The first kappa shape index (κ1) is 25.6. The number of benzene rings is 6. The highest BCUT2D eigenvalue weighted by molar-refractivity contribution is 6.03. The zero-order chi connectivity index (χ0) is 28.8. The molecule has 0 saturated carbocycles. The van der Waals surface area contributed by atoms with Crippen LogP contribution in [0.15, 0.2) is 146 Å². The fourth-order valence-corrected chi connectivity index (χ4v) is 7.45. The van der Waals surface area contributed by atoms with Crippen LogP contribution in [0.4, 0.5) is 28.4 Å². The van der Waals surface area contributed by atoms with Crippen LogP contribution in [0.25, 0.3) is 22.4 Å². The van der Waals surface area contributed by atoms with Gasteiger partial charge in [0.1, 0.15) is 0 Å². The number of nitrogens with zero attached hydrogens (tertiary/aromatic N) is 2. The summed E-state index contributed by atoms with van der Waals surface area (Å²) in [6, 6.07) is 52.8. The molecule has 0 bridgehead atoms. The van der Waals surface area contributed by atoms with Gasteiger partial charge in [0, 0.05) is 28.1 Å². The zero-order valence-corrected chi connectivity index (χ0v) is 24.4. The summed E-state index contributed by atoms with van der Waals surface area (Å²) in [5.41, 5.74) is 8.79. The normalized spacial score (nSPS) is 16.9. The predicted molar refractivity (Wildman–Crippen MR) is 182 cm³/mol. The monoisotopic (exact) mass is 554 g/mol. The van der Waals surface area contributed by atoms with E-state index in [9.17, 15) is 0 Å². The summed E-state index contributed by atoms with van der Waals surface area (Å²) in [5, 5.41) is 5.53. The smallest absolute Gasteiger partial charge is 0.0678 e. The summed E-state index contributed by atoms with van der Waals surface area (Å²) < 4.78 is 0. The highest BCUT2D eigenvalue weighted by Crippen LogP contribution is 2.45. The lowest BCUT2D eigenvalue weighted by Crippen LogP contribution is -2.52. The molecule has 2 heteroatoms. The second-order valence-corrected chi connectivity index (χ2v) is 11.9. The first-order chi connectivity index (χ1) is 21.2. The topological polar surface area (TPSA) is 6.48 Å². The Morgan fingerprint density at radius 2 is 1.07 bits per heavy atom. The van der Waals surface area contributed by atoms with Crippen molar-refractivity contribution in [3.63, 3.8) is 0 Å². The van der Waals surface area contributed by atoms with Crippen molar-refractivity contribution in [3.05, 3.63) is 162 Å². The molecule has 2 aliphatic carbocycles. The van der Waals surface area contributed by atoms with Crippen LogP contribution in [0.1, 0.15) is 25.3 Å². The van der Waals surface area contributed by atoms with Gasteiger partial charge in [-0.1, -0.05) is 97.1 Å². The van der Waals surface area contributed by atoms with Crippen molar-refractivity contribution in [2.75, 3.05) is 9.80 Å². The Bertz CT molecular complexity index is 1970. The maximum absolute atomic E-state index is 2.58. The summed E-state index contributed by atoms with van der Waals surface area (Å²) in [6.45, 7) is 2.45. The van der Waals surface area contributed by atoms with Gasteiger partial charge in [0.15, 0.2) is 0 Å². The van der Waals surface area contributed by atoms with Crippen molar-refractivity contribution >= 4 is 50.9 Å². The third-order valence-corrected chi connectivity index (χ3v) is 9.38. The van der Waals surface area contributed by atoms with E-state index >= 15 is 0 Å². The standard InChI is InChI=1S/C41H34N2/c1-41(43(34-18-10-4-11-19-34)35-20-12-5-13-21-35)29-28-31-22-25-36-38(27-24-30-23-26-37(41)40(31)39(30)36)42(32-14-6-2-7-15-32)33-16-8-3-9-17-33/h2-22,24-25,27-28H,23,26,29H2,1H3. The molecule has 1 unspecified atom stereocenters. The van der Waals surface area contributed by atoms with Gasteiger partial charge in [-0.3, -0.25) is 0 Å². The molecule has 0 spiro atoms. The van der Waals surface area contributed by atoms with Crippen molar-refractivity contribution in [2.24, 2.45) is 0 Å². The molecule has 8 rings (SSSR count). The van der Waals surface area contributed by atoms with Gasteiger partial charge in [-0.15, -0.1) is 0 Å². The third kappa shape index (κ3) is 4.17. The van der Waals surface area contributed by atoms with Crippen molar-refractivity contribution in [3.8, 4) is 0 Å². The van der Waals surface area contributed by atoms with Crippen molar-refractivity contribution in [2.45, 2.75) is 31.7 Å². The van der Waals surface area contributed by atoms with E-state index < -0.39 is 0 Å². The molecule has 0 aliphatic heterocycles. The molecule has 43 heavy (non-hydrogen) atoms. The van der Waals surface area contributed by atoms with Gasteiger partial charge in [0.25, 0.3) is 0 Å². The quantitative estimate of drug-likeness (QED) is 0.202. The van der Waals surface area contributed by atoms with Crippen LogP contribution in [0.2, 0.25) is 0 Å². The van der Waals surface area contributed by atoms with E-state index in [1.54, 1.807) is 5.57 Å². The third-order valence-electron chi connectivity index (χ3n) is 9.38. The van der Waals surface area contributed by atoms with Crippen LogP contribution in [0.3, 0.4) is 0 Å². The van der Waals surface area contributed by atoms with Gasteiger partial charge >= 0.3 is 0 Å². The van der Waals surface area contributed by atoms with Crippen LogP contribution in [0, 0.1) is 0 Å². The van der Waals surface area contributed by atoms with Crippen LogP contribution in [-0.4, -0.2) is 5.54 Å². The Morgan fingerprint density at radius 1 is 0.535 bits per heavy atom. The SMILES string of the molecule is CC1(N(c2ccccc2)c2ccccc2)CC=c2ccc3c(N(c4ccccc4)c4ccccc4)ccc4c3c2=C1CC4. The first-order valence-corrected chi connectivity index (χ1v) is 15.3. The van der Waals surface area contributed by atoms with Crippen LogP contribution in [0.5, 0.6) is 0 Å². The van der Waals surface area contributed by atoms with E-state index in [-0.39, 0.29) is 5.54 Å². The first-order valence-electron chi connectivity index (χ1n) is 15.3. The largest absolute Gasteiger partial charge is 0.331 e. The van der Waals surface area contributed by atoms with Gasteiger partial charge in [-0.2, -0.15) is 0 Å². The molecule has 0 radical (unpaired) electrons.